The van der Waals surface area contributed by atoms with Crippen LogP contribution in [0.3, 0.4) is 0 Å². The number of para-hydroxylation sites is 2. The lowest BCUT2D eigenvalue weighted by atomic mass is 9.81. The highest BCUT2D eigenvalue weighted by molar-refractivity contribution is 14.1. The number of halogens is 2. The summed E-state index contributed by atoms with van der Waals surface area (Å²) in [5.74, 6) is -0.559. The molecule has 2 aromatic carbocycles. The van der Waals surface area contributed by atoms with Crippen molar-refractivity contribution < 1.29 is 9.59 Å². The Morgan fingerprint density at radius 1 is 0.741 bits per heavy atom. The first kappa shape index (κ1) is 18.9. The third kappa shape index (κ3) is 3.78. The molecule has 1 fully saturated rings. The Morgan fingerprint density at radius 2 is 1.15 bits per heavy atom. The van der Waals surface area contributed by atoms with Crippen LogP contribution in [0.2, 0.25) is 0 Å². The second-order valence-electron chi connectivity index (χ2n) is 6.94. The maximum atomic E-state index is 13.1. The first-order valence-corrected chi connectivity index (χ1v) is 11.0. The number of carbonyl (C=O) groups is 2. The van der Waals surface area contributed by atoms with Crippen molar-refractivity contribution in [3.63, 3.8) is 0 Å². The summed E-state index contributed by atoms with van der Waals surface area (Å²) in [6, 6.07) is 15.4. The minimum atomic E-state index is -0.336. The first-order valence-electron chi connectivity index (χ1n) is 8.83. The van der Waals surface area contributed by atoms with Gasteiger partial charge in [-0.1, -0.05) is 36.4 Å². The molecule has 4 atom stereocenters. The maximum absolute atomic E-state index is 13.1. The highest BCUT2D eigenvalue weighted by atomic mass is 127. The van der Waals surface area contributed by atoms with E-state index < -0.39 is 0 Å². The van der Waals surface area contributed by atoms with Crippen molar-refractivity contribution in [2.45, 2.75) is 6.42 Å². The van der Waals surface area contributed by atoms with E-state index in [2.05, 4.69) is 68.0 Å². The molecule has 2 bridgehead atoms. The van der Waals surface area contributed by atoms with Gasteiger partial charge in [-0.25, -0.2) is 0 Å². The number of benzene rings is 2. The molecule has 1 saturated carbocycles. The van der Waals surface area contributed by atoms with E-state index in [9.17, 15) is 9.59 Å². The van der Waals surface area contributed by atoms with E-state index >= 15 is 0 Å². The zero-order valence-electron chi connectivity index (χ0n) is 14.4. The smallest absolute Gasteiger partial charge is 0.228 e. The molecule has 0 heterocycles. The molecule has 27 heavy (non-hydrogen) atoms. The van der Waals surface area contributed by atoms with Gasteiger partial charge in [-0.05, 0) is 87.7 Å². The molecule has 0 aliphatic heterocycles. The second kappa shape index (κ2) is 7.90. The van der Waals surface area contributed by atoms with E-state index in [1.165, 1.54) is 0 Å². The van der Waals surface area contributed by atoms with Crippen LogP contribution < -0.4 is 10.6 Å². The van der Waals surface area contributed by atoms with Gasteiger partial charge in [0.05, 0.1) is 23.2 Å². The minimum absolute atomic E-state index is 0.0705. The molecule has 0 unspecified atom stereocenters. The normalized spacial score (nSPS) is 25.4. The van der Waals surface area contributed by atoms with Gasteiger partial charge in [0.1, 0.15) is 0 Å². The SMILES string of the molecule is O=C(Nc1ccccc1I)[C@H]1[C@H](C(=O)Nc2ccccc2I)[C@H]2C=C[C@H]1C2. The van der Waals surface area contributed by atoms with Crippen LogP contribution in [0.4, 0.5) is 11.4 Å². The van der Waals surface area contributed by atoms with Gasteiger partial charge in [0.15, 0.2) is 0 Å². The topological polar surface area (TPSA) is 58.2 Å². The van der Waals surface area contributed by atoms with Gasteiger partial charge in [0, 0.05) is 7.14 Å². The lowest BCUT2D eigenvalue weighted by Gasteiger charge is -2.26. The van der Waals surface area contributed by atoms with Crippen molar-refractivity contribution in [3.8, 4) is 0 Å². The van der Waals surface area contributed by atoms with Crippen molar-refractivity contribution in [2.24, 2.45) is 23.7 Å². The molecule has 2 aliphatic carbocycles. The Morgan fingerprint density at radius 3 is 1.56 bits per heavy atom. The molecule has 2 N–H and O–H groups in total. The predicted octanol–water partition coefficient (Wildman–Crippen LogP) is 4.91. The fourth-order valence-corrected chi connectivity index (χ4v) is 5.14. The van der Waals surface area contributed by atoms with Crippen molar-refractivity contribution >= 4 is 68.4 Å². The molecule has 6 heteroatoms. The van der Waals surface area contributed by atoms with Gasteiger partial charge >= 0.3 is 0 Å². The maximum Gasteiger partial charge on any atom is 0.228 e. The van der Waals surface area contributed by atoms with Crippen LogP contribution >= 0.6 is 45.2 Å². The zero-order chi connectivity index (χ0) is 19.0. The molecule has 2 amide bonds. The summed E-state index contributed by atoms with van der Waals surface area (Å²) in [4.78, 5) is 26.1. The lowest BCUT2D eigenvalue weighted by molar-refractivity contribution is -0.129. The zero-order valence-corrected chi connectivity index (χ0v) is 18.7. The summed E-state index contributed by atoms with van der Waals surface area (Å²) < 4.78 is 1.98. The third-order valence-electron chi connectivity index (χ3n) is 5.33. The molecule has 0 saturated heterocycles. The highest BCUT2D eigenvalue weighted by Crippen LogP contribution is 2.49. The quantitative estimate of drug-likeness (QED) is 0.397. The molecule has 0 radical (unpaired) electrons. The number of hydrogen-bond donors (Lipinski definition) is 2. The molecule has 2 aliphatic rings. The lowest BCUT2D eigenvalue weighted by Crippen LogP contribution is -2.39. The van der Waals surface area contributed by atoms with E-state index in [4.69, 9.17) is 0 Å². The number of carbonyl (C=O) groups excluding carboxylic acids is 2. The van der Waals surface area contributed by atoms with Gasteiger partial charge in [0.25, 0.3) is 0 Å². The minimum Gasteiger partial charge on any atom is -0.325 e. The number of rotatable bonds is 4. The van der Waals surface area contributed by atoms with E-state index in [1.54, 1.807) is 0 Å². The Bertz CT molecular complexity index is 854. The largest absolute Gasteiger partial charge is 0.325 e. The Balaban J connectivity index is 1.55. The third-order valence-corrected chi connectivity index (χ3v) is 7.21. The van der Waals surface area contributed by atoms with Crippen LogP contribution in [-0.2, 0) is 9.59 Å². The standard InChI is InChI=1S/C21H18I2N2O2/c22-14-5-1-3-7-16(14)24-20(26)18-12-9-10-13(11-12)19(18)21(27)25-17-8-4-2-6-15(17)23/h1-10,12-13,18-19H,11H2,(H,24,26)(H,25,27)/t12-,13-,18+,19+/m0/s1. The Labute approximate surface area is 185 Å². The van der Waals surface area contributed by atoms with Crippen LogP contribution in [0.5, 0.6) is 0 Å². The second-order valence-corrected chi connectivity index (χ2v) is 9.26. The van der Waals surface area contributed by atoms with E-state index in [-0.39, 0.29) is 35.5 Å². The predicted molar refractivity (Wildman–Crippen MR) is 123 cm³/mol. The van der Waals surface area contributed by atoms with Gasteiger partial charge < -0.3 is 10.6 Å². The number of allylic oxidation sites excluding steroid dienone is 2. The number of fused-ring (bicyclic) bond motifs is 2. The molecular weight excluding hydrogens is 566 g/mol. The average molecular weight is 584 g/mol. The van der Waals surface area contributed by atoms with Crippen molar-refractivity contribution in [3.05, 3.63) is 67.8 Å². The molecule has 4 nitrogen and oxygen atoms in total. The van der Waals surface area contributed by atoms with Crippen LogP contribution in [-0.4, -0.2) is 11.8 Å². The summed E-state index contributed by atoms with van der Waals surface area (Å²) in [5.41, 5.74) is 1.60. The number of amides is 2. The number of nitrogens with one attached hydrogen (secondary N) is 2. The van der Waals surface area contributed by atoms with E-state index in [0.717, 1.165) is 24.9 Å². The van der Waals surface area contributed by atoms with Crippen molar-refractivity contribution in [1.82, 2.24) is 0 Å². The Hall–Kier alpha value is -1.42. The fourth-order valence-electron chi connectivity index (χ4n) is 4.09. The Kier molecular flexibility index (Phi) is 5.54. The molecule has 138 valence electrons. The molecule has 4 rings (SSSR count). The van der Waals surface area contributed by atoms with Gasteiger partial charge in [0.2, 0.25) is 11.8 Å². The van der Waals surface area contributed by atoms with Crippen molar-refractivity contribution in [1.29, 1.82) is 0 Å². The summed E-state index contributed by atoms with van der Waals surface area (Å²) in [6.07, 6.45) is 5.07. The molecular formula is C21H18I2N2O2. The molecule has 2 aromatic rings. The average Bonchev–Trinajstić information content (AvgIpc) is 3.27. The van der Waals surface area contributed by atoms with Crippen LogP contribution in [0, 0.1) is 30.8 Å². The first-order chi connectivity index (χ1) is 13.0. The monoisotopic (exact) mass is 584 g/mol. The highest BCUT2D eigenvalue weighted by Gasteiger charge is 2.51. The molecule has 0 aromatic heterocycles. The summed E-state index contributed by atoms with van der Waals surface area (Å²) in [5, 5.41) is 6.07. The summed E-state index contributed by atoms with van der Waals surface area (Å²) in [6.45, 7) is 0. The molecule has 0 spiro atoms. The number of anilines is 2. The number of hydrogen-bond acceptors (Lipinski definition) is 2. The van der Waals surface area contributed by atoms with E-state index in [0.29, 0.717) is 0 Å². The fraction of sp³-hybridized carbons (Fsp3) is 0.238. The summed E-state index contributed by atoms with van der Waals surface area (Å²) >= 11 is 4.42. The van der Waals surface area contributed by atoms with Gasteiger partial charge in [-0.3, -0.25) is 9.59 Å². The van der Waals surface area contributed by atoms with Gasteiger partial charge in [-0.15, -0.1) is 0 Å². The van der Waals surface area contributed by atoms with Crippen molar-refractivity contribution in [2.75, 3.05) is 10.6 Å². The van der Waals surface area contributed by atoms with Crippen LogP contribution in [0.25, 0.3) is 0 Å². The summed E-state index contributed by atoms with van der Waals surface area (Å²) in [7, 11) is 0. The van der Waals surface area contributed by atoms with Crippen LogP contribution in [0.1, 0.15) is 6.42 Å². The van der Waals surface area contributed by atoms with E-state index in [1.807, 2.05) is 48.5 Å². The van der Waals surface area contributed by atoms with Gasteiger partial charge in [-0.2, -0.15) is 0 Å². The van der Waals surface area contributed by atoms with Crippen LogP contribution in [0.15, 0.2) is 60.7 Å².